The Morgan fingerprint density at radius 3 is 1.54 bits per heavy atom. The molecule has 0 radical (unpaired) electrons. The van der Waals surface area contributed by atoms with Crippen LogP contribution in [0.4, 0.5) is 0 Å². The van der Waals surface area contributed by atoms with Gasteiger partial charge in [0.15, 0.2) is 0 Å². The lowest BCUT2D eigenvalue weighted by molar-refractivity contribution is 1.64. The zero-order valence-electron chi connectivity index (χ0n) is 15.5. The Bertz CT molecular complexity index is 1010. The second kappa shape index (κ2) is 7.84. The van der Waals surface area contributed by atoms with Gasteiger partial charge < -0.3 is 0 Å². The van der Waals surface area contributed by atoms with E-state index < -0.39 is 0 Å². The fourth-order valence-corrected chi connectivity index (χ4v) is 3.63. The molecule has 26 heavy (non-hydrogen) atoms. The van der Waals surface area contributed by atoms with Gasteiger partial charge in [-0.25, -0.2) is 0 Å². The van der Waals surface area contributed by atoms with Gasteiger partial charge >= 0.3 is 0 Å². The highest BCUT2D eigenvalue weighted by Crippen LogP contribution is 2.40. The molecular formula is C26H24. The van der Waals surface area contributed by atoms with E-state index in [2.05, 4.69) is 93.8 Å². The van der Waals surface area contributed by atoms with Crippen molar-refractivity contribution in [2.75, 3.05) is 0 Å². The molecule has 0 fully saturated rings. The Labute approximate surface area is 156 Å². The monoisotopic (exact) mass is 336 g/mol. The molecule has 0 aliphatic heterocycles. The van der Waals surface area contributed by atoms with Crippen LogP contribution in [0.1, 0.15) is 25.0 Å². The number of benzene rings is 3. The molecule has 0 N–H and O–H groups in total. The van der Waals surface area contributed by atoms with E-state index in [0.29, 0.717) is 0 Å². The van der Waals surface area contributed by atoms with Crippen LogP contribution in [-0.2, 0) is 0 Å². The van der Waals surface area contributed by atoms with Gasteiger partial charge in [0.2, 0.25) is 0 Å². The minimum Gasteiger partial charge on any atom is -0.0990 e. The summed E-state index contributed by atoms with van der Waals surface area (Å²) in [5.74, 6) is 0. The normalized spacial score (nSPS) is 12.8. The van der Waals surface area contributed by atoms with Gasteiger partial charge in [-0.1, -0.05) is 98.1 Å². The first-order valence-corrected chi connectivity index (χ1v) is 8.95. The van der Waals surface area contributed by atoms with Gasteiger partial charge in [-0.15, -0.1) is 0 Å². The molecule has 0 nitrogen and oxygen atoms in total. The molecule has 0 spiro atoms. The van der Waals surface area contributed by atoms with Gasteiger partial charge in [-0.05, 0) is 57.7 Å². The molecule has 0 aliphatic carbocycles. The van der Waals surface area contributed by atoms with Crippen LogP contribution >= 0.6 is 0 Å². The zero-order valence-corrected chi connectivity index (χ0v) is 15.5. The van der Waals surface area contributed by atoms with Crippen LogP contribution in [0.2, 0.25) is 0 Å². The largest absolute Gasteiger partial charge is 0.0990 e. The Hall–Kier alpha value is -3.12. The summed E-state index contributed by atoms with van der Waals surface area (Å²) < 4.78 is 0. The molecule has 0 aliphatic rings. The van der Waals surface area contributed by atoms with E-state index in [1.54, 1.807) is 0 Å². The van der Waals surface area contributed by atoms with Crippen LogP contribution in [-0.4, -0.2) is 0 Å². The number of allylic oxidation sites excluding steroid dienone is 8. The van der Waals surface area contributed by atoms with Crippen LogP contribution in [0.5, 0.6) is 0 Å². The Kier molecular flexibility index (Phi) is 5.34. The van der Waals surface area contributed by atoms with Crippen molar-refractivity contribution < 1.29 is 0 Å². The Balaban J connectivity index is 2.62. The minimum atomic E-state index is 1.09. The maximum Gasteiger partial charge on any atom is -0.00266 e. The molecule has 0 aromatic heterocycles. The number of rotatable bonds is 5. The number of hydrogen-bond acceptors (Lipinski definition) is 0. The third kappa shape index (κ3) is 2.95. The molecule has 128 valence electrons. The van der Waals surface area contributed by atoms with E-state index in [0.717, 1.165) is 5.57 Å². The minimum absolute atomic E-state index is 1.09. The summed E-state index contributed by atoms with van der Waals surface area (Å²) in [6.45, 7) is 12.1. The van der Waals surface area contributed by atoms with Crippen LogP contribution < -0.4 is 0 Å². The first-order chi connectivity index (χ1) is 12.8. The predicted molar refractivity (Wildman–Crippen MR) is 118 cm³/mol. The van der Waals surface area contributed by atoms with Crippen LogP contribution in [0.25, 0.3) is 32.7 Å². The highest BCUT2D eigenvalue weighted by molar-refractivity contribution is 6.17. The summed E-state index contributed by atoms with van der Waals surface area (Å²) in [7, 11) is 0. The summed E-state index contributed by atoms with van der Waals surface area (Å²) in [5.41, 5.74) is 4.82. The molecule has 0 heteroatoms. The molecule has 0 amide bonds. The van der Waals surface area contributed by atoms with E-state index in [1.807, 2.05) is 18.2 Å². The van der Waals surface area contributed by atoms with Gasteiger partial charge in [0.25, 0.3) is 0 Å². The van der Waals surface area contributed by atoms with E-state index in [1.165, 1.54) is 38.2 Å². The molecule has 0 saturated carbocycles. The highest BCUT2D eigenvalue weighted by Gasteiger charge is 2.16. The van der Waals surface area contributed by atoms with Crippen molar-refractivity contribution in [3.05, 3.63) is 109 Å². The van der Waals surface area contributed by atoms with Gasteiger partial charge in [0.05, 0.1) is 0 Å². The molecular weight excluding hydrogens is 312 g/mol. The average molecular weight is 336 g/mol. The van der Waals surface area contributed by atoms with Crippen molar-refractivity contribution in [1.82, 2.24) is 0 Å². The van der Waals surface area contributed by atoms with E-state index in [4.69, 9.17) is 0 Å². The van der Waals surface area contributed by atoms with E-state index >= 15 is 0 Å². The van der Waals surface area contributed by atoms with E-state index in [9.17, 15) is 0 Å². The van der Waals surface area contributed by atoms with Gasteiger partial charge in [0.1, 0.15) is 0 Å². The molecule has 0 heterocycles. The lowest BCUT2D eigenvalue weighted by Gasteiger charge is -2.18. The third-order valence-electron chi connectivity index (χ3n) is 4.68. The second-order valence-electron chi connectivity index (χ2n) is 6.15. The quantitative estimate of drug-likeness (QED) is 0.330. The van der Waals surface area contributed by atoms with Crippen LogP contribution in [0, 0.1) is 0 Å². The predicted octanol–water partition coefficient (Wildman–Crippen LogP) is 7.73. The molecule has 3 aromatic carbocycles. The van der Waals surface area contributed by atoms with Crippen LogP contribution in [0.15, 0.2) is 98.1 Å². The number of hydrogen-bond donors (Lipinski definition) is 0. The standard InChI is InChI=1S/C26H24/c1-5-13-19(7-3)25-21-15-9-11-17-23(21)26(20(8-4)14-6-2)24-18-12-10-16-22(24)25/h5-18H,1,3H2,2,4H3/b14-6-,19-13+,20-8+. The summed E-state index contributed by atoms with van der Waals surface area (Å²) >= 11 is 0. The van der Waals surface area contributed by atoms with Gasteiger partial charge in [-0.3, -0.25) is 0 Å². The molecule has 0 unspecified atom stereocenters. The summed E-state index contributed by atoms with van der Waals surface area (Å²) in [5, 5.41) is 4.98. The SMILES string of the molecule is C=C/C=C(\C=C)c1c2ccccc2c(C(/C=C\C)=C/C)c2ccccc12. The number of fused-ring (bicyclic) bond motifs is 2. The van der Waals surface area contributed by atoms with Crippen LogP contribution in [0.3, 0.4) is 0 Å². The zero-order chi connectivity index (χ0) is 18.5. The van der Waals surface area contributed by atoms with Crippen molar-refractivity contribution in [3.63, 3.8) is 0 Å². The lowest BCUT2D eigenvalue weighted by atomic mass is 9.85. The van der Waals surface area contributed by atoms with Crippen molar-refractivity contribution in [2.24, 2.45) is 0 Å². The van der Waals surface area contributed by atoms with Crippen molar-refractivity contribution >= 4 is 32.7 Å². The second-order valence-corrected chi connectivity index (χ2v) is 6.15. The maximum absolute atomic E-state index is 4.03. The first kappa shape index (κ1) is 17.7. The molecule has 3 aromatic rings. The smallest absolute Gasteiger partial charge is 0.00266 e. The maximum atomic E-state index is 4.03. The highest BCUT2D eigenvalue weighted by atomic mass is 14.2. The van der Waals surface area contributed by atoms with Gasteiger partial charge in [0, 0.05) is 0 Å². The van der Waals surface area contributed by atoms with Crippen molar-refractivity contribution in [2.45, 2.75) is 13.8 Å². The summed E-state index contributed by atoms with van der Waals surface area (Å²) in [6.07, 6.45) is 12.2. The first-order valence-electron chi connectivity index (χ1n) is 8.95. The average Bonchev–Trinajstić information content (AvgIpc) is 2.69. The summed E-state index contributed by atoms with van der Waals surface area (Å²) in [6, 6.07) is 17.2. The van der Waals surface area contributed by atoms with E-state index in [-0.39, 0.29) is 0 Å². The van der Waals surface area contributed by atoms with Gasteiger partial charge in [-0.2, -0.15) is 0 Å². The molecule has 3 rings (SSSR count). The third-order valence-corrected chi connectivity index (χ3v) is 4.68. The molecule has 0 bridgehead atoms. The Morgan fingerprint density at radius 2 is 1.19 bits per heavy atom. The van der Waals surface area contributed by atoms with Crippen molar-refractivity contribution in [3.8, 4) is 0 Å². The Morgan fingerprint density at radius 1 is 0.731 bits per heavy atom. The fourth-order valence-electron chi connectivity index (χ4n) is 3.63. The molecule has 0 saturated heterocycles. The summed E-state index contributed by atoms with van der Waals surface area (Å²) in [4.78, 5) is 0. The molecule has 0 atom stereocenters. The lowest BCUT2D eigenvalue weighted by Crippen LogP contribution is -1.94. The fraction of sp³-hybridized carbons (Fsp3) is 0.0769. The van der Waals surface area contributed by atoms with Crippen molar-refractivity contribution in [1.29, 1.82) is 0 Å². The topological polar surface area (TPSA) is 0 Å².